The Kier molecular flexibility index (Phi) is 6.08. The molecule has 1 N–H and O–H groups in total. The molecule has 2 aromatic heterocycles. The van der Waals surface area contributed by atoms with Gasteiger partial charge in [-0.1, -0.05) is 18.2 Å². The number of anilines is 1. The molecule has 28 heavy (non-hydrogen) atoms. The van der Waals surface area contributed by atoms with E-state index in [1.807, 2.05) is 12.1 Å². The van der Waals surface area contributed by atoms with Gasteiger partial charge < -0.3 is 10.1 Å². The van der Waals surface area contributed by atoms with Crippen molar-refractivity contribution >= 4 is 5.82 Å². The van der Waals surface area contributed by atoms with Crippen molar-refractivity contribution in [1.82, 2.24) is 15.0 Å². The minimum atomic E-state index is -2.88. The molecule has 1 atom stereocenters. The van der Waals surface area contributed by atoms with E-state index in [1.165, 1.54) is 18.3 Å². The fourth-order valence-corrected chi connectivity index (χ4v) is 2.66. The van der Waals surface area contributed by atoms with Crippen molar-refractivity contribution in [2.75, 3.05) is 5.32 Å². The Morgan fingerprint density at radius 3 is 2.54 bits per heavy atom. The van der Waals surface area contributed by atoms with Gasteiger partial charge in [-0.2, -0.15) is 0 Å². The van der Waals surface area contributed by atoms with E-state index in [0.717, 1.165) is 11.6 Å². The Bertz CT molecular complexity index is 938. The molecule has 0 spiro atoms. The molecular weight excluding hydrogens is 369 g/mol. The number of rotatable bonds is 7. The lowest BCUT2D eigenvalue weighted by atomic mass is 10.0. The van der Waals surface area contributed by atoms with Crippen molar-refractivity contribution < 1.29 is 17.9 Å². The summed E-state index contributed by atoms with van der Waals surface area (Å²) >= 11 is 0. The van der Waals surface area contributed by atoms with Gasteiger partial charge in [-0.3, -0.25) is 4.98 Å². The quantitative estimate of drug-likeness (QED) is 0.617. The lowest BCUT2D eigenvalue weighted by molar-refractivity contribution is 0.146. The summed E-state index contributed by atoms with van der Waals surface area (Å²) in [4.78, 5) is 12.4. The van der Waals surface area contributed by atoms with Gasteiger partial charge in [0.2, 0.25) is 0 Å². The zero-order chi connectivity index (χ0) is 20.1. The van der Waals surface area contributed by atoms with Gasteiger partial charge in [-0.05, 0) is 31.5 Å². The molecule has 2 heterocycles. The molecule has 1 aromatic carbocycles. The fourth-order valence-electron chi connectivity index (χ4n) is 2.66. The number of ether oxygens (including phenoxy) is 1. The smallest absolute Gasteiger partial charge is 0.266 e. The van der Waals surface area contributed by atoms with Crippen LogP contribution in [-0.4, -0.2) is 15.0 Å². The lowest BCUT2D eigenvalue weighted by Gasteiger charge is -2.19. The molecule has 0 saturated heterocycles. The first-order valence-electron chi connectivity index (χ1n) is 8.64. The summed E-state index contributed by atoms with van der Waals surface area (Å²) in [5.74, 6) is 0.297. The molecule has 0 bridgehead atoms. The predicted molar refractivity (Wildman–Crippen MR) is 98.7 cm³/mol. The summed E-state index contributed by atoms with van der Waals surface area (Å²) in [5, 5.41) is 3.04. The van der Waals surface area contributed by atoms with Crippen molar-refractivity contribution in [3.63, 3.8) is 0 Å². The van der Waals surface area contributed by atoms with Gasteiger partial charge in [0.15, 0.2) is 11.6 Å². The monoisotopic (exact) mass is 388 g/mol. The van der Waals surface area contributed by atoms with Crippen LogP contribution in [0.5, 0.6) is 5.75 Å². The van der Waals surface area contributed by atoms with Gasteiger partial charge in [0.25, 0.3) is 6.43 Å². The highest BCUT2D eigenvalue weighted by atomic mass is 19.3. The van der Waals surface area contributed by atoms with Gasteiger partial charge >= 0.3 is 0 Å². The van der Waals surface area contributed by atoms with Crippen LogP contribution in [0.15, 0.2) is 48.9 Å². The Hall–Kier alpha value is -3.16. The zero-order valence-corrected chi connectivity index (χ0v) is 15.4. The number of nitrogens with one attached hydrogen (secondary N) is 1. The molecule has 0 unspecified atom stereocenters. The van der Waals surface area contributed by atoms with Crippen LogP contribution in [-0.2, 0) is 6.61 Å². The highest BCUT2D eigenvalue weighted by Crippen LogP contribution is 2.31. The first-order valence-corrected chi connectivity index (χ1v) is 8.64. The molecule has 0 radical (unpaired) electrons. The number of halogens is 3. The Labute approximate surface area is 160 Å². The zero-order valence-electron chi connectivity index (χ0n) is 15.4. The van der Waals surface area contributed by atoms with Crippen LogP contribution in [0.25, 0.3) is 0 Å². The molecule has 3 rings (SSSR count). The Morgan fingerprint density at radius 1 is 1.11 bits per heavy atom. The van der Waals surface area contributed by atoms with E-state index >= 15 is 0 Å². The van der Waals surface area contributed by atoms with Gasteiger partial charge in [-0.25, -0.2) is 23.1 Å². The van der Waals surface area contributed by atoms with Gasteiger partial charge in [-0.15, -0.1) is 0 Å². The van der Waals surface area contributed by atoms with Gasteiger partial charge in [0, 0.05) is 18.0 Å². The molecule has 0 aliphatic carbocycles. The topological polar surface area (TPSA) is 59.9 Å². The van der Waals surface area contributed by atoms with Gasteiger partial charge in [0.1, 0.15) is 18.2 Å². The van der Waals surface area contributed by atoms with Crippen LogP contribution >= 0.6 is 0 Å². The summed E-state index contributed by atoms with van der Waals surface area (Å²) in [5.41, 5.74) is 0.401. The Morgan fingerprint density at radius 2 is 1.82 bits per heavy atom. The number of alkyl halides is 2. The van der Waals surface area contributed by atoms with E-state index in [-0.39, 0.29) is 12.2 Å². The number of nitrogens with zero attached hydrogens (tertiary/aromatic N) is 3. The first-order chi connectivity index (χ1) is 13.5. The van der Waals surface area contributed by atoms with E-state index in [2.05, 4.69) is 20.3 Å². The highest BCUT2D eigenvalue weighted by molar-refractivity contribution is 5.50. The molecule has 0 fully saturated rings. The number of hydrogen-bond acceptors (Lipinski definition) is 5. The van der Waals surface area contributed by atoms with E-state index < -0.39 is 23.8 Å². The molecule has 146 valence electrons. The van der Waals surface area contributed by atoms with Crippen LogP contribution in [0.4, 0.5) is 19.0 Å². The minimum Gasteiger partial charge on any atom is -0.483 e. The Balaban J connectivity index is 1.81. The third kappa shape index (κ3) is 4.57. The summed E-state index contributed by atoms with van der Waals surface area (Å²) in [7, 11) is 0. The number of aromatic nitrogens is 3. The van der Waals surface area contributed by atoms with Crippen molar-refractivity contribution in [2.24, 2.45) is 0 Å². The van der Waals surface area contributed by atoms with E-state index in [9.17, 15) is 13.2 Å². The molecule has 0 aliphatic rings. The molecule has 5 nitrogen and oxygen atoms in total. The molecule has 0 saturated carbocycles. The van der Waals surface area contributed by atoms with Crippen LogP contribution in [0.3, 0.4) is 0 Å². The van der Waals surface area contributed by atoms with Crippen LogP contribution in [0.2, 0.25) is 0 Å². The van der Waals surface area contributed by atoms with E-state index in [0.29, 0.717) is 17.4 Å². The lowest BCUT2D eigenvalue weighted by Crippen LogP contribution is -2.13. The van der Waals surface area contributed by atoms with E-state index in [4.69, 9.17) is 4.74 Å². The second-order valence-corrected chi connectivity index (χ2v) is 6.19. The van der Waals surface area contributed by atoms with Crippen LogP contribution in [0.1, 0.15) is 41.9 Å². The fraction of sp³-hybridized carbons (Fsp3) is 0.250. The third-order valence-corrected chi connectivity index (χ3v) is 4.13. The number of pyridine rings is 1. The molecule has 8 heteroatoms. The summed E-state index contributed by atoms with van der Waals surface area (Å²) in [6.07, 6.45) is 1.95. The normalized spacial score (nSPS) is 12.1. The molecule has 0 amide bonds. The van der Waals surface area contributed by atoms with Crippen molar-refractivity contribution in [3.05, 3.63) is 77.3 Å². The first kappa shape index (κ1) is 19.6. The second-order valence-electron chi connectivity index (χ2n) is 6.19. The summed E-state index contributed by atoms with van der Waals surface area (Å²) < 4.78 is 46.2. The molecular formula is C20H19F3N4O. The van der Waals surface area contributed by atoms with Crippen molar-refractivity contribution in [2.45, 2.75) is 32.9 Å². The maximum absolute atomic E-state index is 14.4. The third-order valence-electron chi connectivity index (χ3n) is 4.13. The average molecular weight is 388 g/mol. The van der Waals surface area contributed by atoms with E-state index in [1.54, 1.807) is 26.2 Å². The number of aryl methyl sites for hydroxylation is 1. The standard InChI is InChI=1S/C20H19F3N4O/c1-12(15-4-3-5-16(18(15)21)19(22)23)26-20-17(10-25-13(2)27-20)28-11-14-6-8-24-9-7-14/h3-10,12,19H,11H2,1-2H3,(H,25,26,27)/t12-/m1/s1. The largest absolute Gasteiger partial charge is 0.483 e. The van der Waals surface area contributed by atoms with Crippen LogP contribution < -0.4 is 10.1 Å². The maximum Gasteiger partial charge on any atom is 0.266 e. The second kappa shape index (κ2) is 8.69. The molecule has 0 aliphatic heterocycles. The minimum absolute atomic E-state index is 0.120. The SMILES string of the molecule is Cc1ncc(OCc2ccncc2)c(N[C@H](C)c2cccc(C(F)F)c2F)n1. The average Bonchev–Trinajstić information content (AvgIpc) is 2.68. The van der Waals surface area contributed by atoms with Crippen molar-refractivity contribution in [3.8, 4) is 5.75 Å². The predicted octanol–water partition coefficient (Wildman–Crippen LogP) is 5.01. The maximum atomic E-state index is 14.4. The summed E-state index contributed by atoms with van der Waals surface area (Å²) in [6.45, 7) is 3.64. The van der Waals surface area contributed by atoms with Gasteiger partial charge in [0.05, 0.1) is 17.8 Å². The number of hydrogen-bond donors (Lipinski definition) is 1. The highest BCUT2D eigenvalue weighted by Gasteiger charge is 2.20. The van der Waals surface area contributed by atoms with Crippen molar-refractivity contribution in [1.29, 1.82) is 0 Å². The van der Waals surface area contributed by atoms with Crippen LogP contribution in [0, 0.1) is 12.7 Å². The number of benzene rings is 1. The summed E-state index contributed by atoms with van der Waals surface area (Å²) in [6, 6.07) is 6.96. The molecule has 3 aromatic rings.